The van der Waals surface area contributed by atoms with Crippen molar-refractivity contribution in [2.75, 3.05) is 33.4 Å². The average Bonchev–Trinajstić information content (AvgIpc) is 2.82. The minimum Gasteiger partial charge on any atom is -0.493 e. The highest BCUT2D eigenvalue weighted by Crippen LogP contribution is 2.25. The van der Waals surface area contributed by atoms with Crippen molar-refractivity contribution in [3.05, 3.63) is 60.2 Å². The minimum atomic E-state index is -0.272. The second-order valence-corrected chi connectivity index (χ2v) is 7.21. The van der Waals surface area contributed by atoms with E-state index < -0.39 is 0 Å². The first-order valence-electron chi connectivity index (χ1n) is 10.2. The van der Waals surface area contributed by atoms with Crippen molar-refractivity contribution in [1.29, 1.82) is 0 Å². The van der Waals surface area contributed by atoms with Crippen LogP contribution in [0.15, 0.2) is 54.6 Å². The van der Waals surface area contributed by atoms with Crippen molar-refractivity contribution >= 4 is 17.7 Å². The smallest absolute Gasteiger partial charge is 0.258 e. The number of ether oxygens (including phenoxy) is 2. The van der Waals surface area contributed by atoms with E-state index in [1.807, 2.05) is 18.2 Å². The van der Waals surface area contributed by atoms with Crippen molar-refractivity contribution in [1.82, 2.24) is 15.5 Å². The number of nitrogens with zero attached hydrogens (tertiary/aromatic N) is 1. The van der Waals surface area contributed by atoms with Gasteiger partial charge in [0.15, 0.2) is 18.1 Å². The van der Waals surface area contributed by atoms with E-state index in [9.17, 15) is 14.4 Å². The second kappa shape index (κ2) is 11.0. The Balaban J connectivity index is 1.36. The van der Waals surface area contributed by atoms with Crippen molar-refractivity contribution in [2.45, 2.75) is 18.9 Å². The third-order valence-corrected chi connectivity index (χ3v) is 5.08. The zero-order valence-corrected chi connectivity index (χ0v) is 17.5. The summed E-state index contributed by atoms with van der Waals surface area (Å²) in [5.74, 6) is 0.463. The Labute approximate surface area is 181 Å². The number of amides is 3. The highest BCUT2D eigenvalue weighted by atomic mass is 16.5. The molecule has 2 aromatic carbocycles. The molecular formula is C23H27N3O5. The van der Waals surface area contributed by atoms with E-state index in [0.29, 0.717) is 43.0 Å². The molecule has 8 nitrogen and oxygen atoms in total. The Kier molecular flexibility index (Phi) is 7.86. The van der Waals surface area contributed by atoms with Crippen LogP contribution in [-0.2, 0) is 9.59 Å². The maximum atomic E-state index is 12.4. The number of rotatable bonds is 8. The lowest BCUT2D eigenvalue weighted by Gasteiger charge is -2.32. The molecule has 0 saturated carbocycles. The minimum absolute atomic E-state index is 0.0169. The summed E-state index contributed by atoms with van der Waals surface area (Å²) in [5.41, 5.74) is 0.520. The van der Waals surface area contributed by atoms with Gasteiger partial charge in [0, 0.05) is 24.7 Å². The van der Waals surface area contributed by atoms with Crippen LogP contribution in [0.3, 0.4) is 0 Å². The molecule has 0 radical (unpaired) electrons. The average molecular weight is 425 g/mol. The van der Waals surface area contributed by atoms with Gasteiger partial charge in [-0.05, 0) is 37.1 Å². The summed E-state index contributed by atoms with van der Waals surface area (Å²) in [7, 11) is 1.55. The predicted octanol–water partition coefficient (Wildman–Crippen LogP) is 1.61. The summed E-state index contributed by atoms with van der Waals surface area (Å²) in [6.07, 6.45) is 1.30. The highest BCUT2D eigenvalue weighted by Gasteiger charge is 2.24. The zero-order valence-electron chi connectivity index (χ0n) is 17.5. The van der Waals surface area contributed by atoms with E-state index in [2.05, 4.69) is 10.6 Å². The summed E-state index contributed by atoms with van der Waals surface area (Å²) in [5, 5.41) is 5.60. The summed E-state index contributed by atoms with van der Waals surface area (Å²) in [4.78, 5) is 38.3. The van der Waals surface area contributed by atoms with Crippen molar-refractivity contribution in [3.63, 3.8) is 0 Å². The van der Waals surface area contributed by atoms with E-state index >= 15 is 0 Å². The molecule has 0 aliphatic carbocycles. The number of carbonyl (C=O) groups excluding carboxylic acids is 3. The Morgan fingerprint density at radius 2 is 1.61 bits per heavy atom. The number of hydrogen-bond acceptors (Lipinski definition) is 5. The van der Waals surface area contributed by atoms with Gasteiger partial charge in [-0.15, -0.1) is 0 Å². The number of hydrogen-bond donors (Lipinski definition) is 2. The monoisotopic (exact) mass is 425 g/mol. The molecule has 0 aromatic heterocycles. The van der Waals surface area contributed by atoms with Crippen LogP contribution in [0.4, 0.5) is 0 Å². The molecule has 2 N–H and O–H groups in total. The van der Waals surface area contributed by atoms with Gasteiger partial charge in [0.05, 0.1) is 13.7 Å². The van der Waals surface area contributed by atoms with E-state index in [4.69, 9.17) is 9.47 Å². The molecule has 1 aliphatic heterocycles. The molecule has 0 unspecified atom stereocenters. The van der Waals surface area contributed by atoms with Gasteiger partial charge >= 0.3 is 0 Å². The lowest BCUT2D eigenvalue weighted by molar-refractivity contribution is -0.131. The maximum Gasteiger partial charge on any atom is 0.258 e. The van der Waals surface area contributed by atoms with E-state index in [0.717, 1.165) is 0 Å². The van der Waals surface area contributed by atoms with Gasteiger partial charge in [-0.1, -0.05) is 30.3 Å². The number of methoxy groups -OCH3 is 1. The van der Waals surface area contributed by atoms with Gasteiger partial charge in [0.25, 0.3) is 11.8 Å². The molecule has 0 spiro atoms. The summed E-state index contributed by atoms with van der Waals surface area (Å²) in [6, 6.07) is 15.9. The molecule has 164 valence electrons. The third kappa shape index (κ3) is 6.47. The van der Waals surface area contributed by atoms with Gasteiger partial charge in [0.1, 0.15) is 0 Å². The molecule has 1 heterocycles. The van der Waals surface area contributed by atoms with Gasteiger partial charge in [-0.2, -0.15) is 0 Å². The van der Waals surface area contributed by atoms with E-state index in [1.54, 1.807) is 48.4 Å². The van der Waals surface area contributed by atoms with Crippen LogP contribution >= 0.6 is 0 Å². The largest absolute Gasteiger partial charge is 0.493 e. The fraction of sp³-hybridized carbons (Fsp3) is 0.348. The van der Waals surface area contributed by atoms with Crippen LogP contribution in [0.25, 0.3) is 0 Å². The van der Waals surface area contributed by atoms with E-state index in [-0.39, 0.29) is 36.9 Å². The number of para-hydroxylation sites is 2. The third-order valence-electron chi connectivity index (χ3n) is 5.08. The highest BCUT2D eigenvalue weighted by molar-refractivity contribution is 5.96. The SMILES string of the molecule is COc1ccccc1OCC(=O)NC1CCN(C(=O)CNC(=O)c2ccccc2)CC1. The van der Waals surface area contributed by atoms with E-state index in [1.165, 1.54) is 0 Å². The molecule has 1 fully saturated rings. The van der Waals surface area contributed by atoms with Crippen LogP contribution < -0.4 is 20.1 Å². The first kappa shape index (κ1) is 22.1. The number of carbonyl (C=O) groups is 3. The van der Waals surface area contributed by atoms with Gasteiger partial charge in [-0.25, -0.2) is 0 Å². The van der Waals surface area contributed by atoms with Crippen molar-refractivity contribution in [3.8, 4) is 11.5 Å². The summed E-state index contributed by atoms with van der Waals surface area (Å²) in [6.45, 7) is 0.902. The molecule has 0 bridgehead atoms. The summed E-state index contributed by atoms with van der Waals surface area (Å²) >= 11 is 0. The molecule has 3 amide bonds. The molecule has 1 aliphatic rings. The number of likely N-dealkylation sites (tertiary alicyclic amines) is 1. The van der Waals surface area contributed by atoms with Gasteiger partial charge in [-0.3, -0.25) is 14.4 Å². The predicted molar refractivity (Wildman–Crippen MR) is 115 cm³/mol. The maximum absolute atomic E-state index is 12.4. The number of benzene rings is 2. The Hall–Kier alpha value is -3.55. The first-order chi connectivity index (χ1) is 15.1. The molecular weight excluding hydrogens is 398 g/mol. The van der Waals surface area contributed by atoms with Crippen LogP contribution in [0.2, 0.25) is 0 Å². The molecule has 0 atom stereocenters. The first-order valence-corrected chi connectivity index (χ1v) is 10.2. The standard InChI is InChI=1S/C23H27N3O5/c1-30-19-9-5-6-10-20(19)31-16-21(27)25-18-11-13-26(14-12-18)22(28)15-24-23(29)17-7-3-2-4-8-17/h2-10,18H,11-16H2,1H3,(H,24,29)(H,25,27). The Morgan fingerprint density at radius 3 is 2.29 bits per heavy atom. The molecule has 8 heteroatoms. The zero-order chi connectivity index (χ0) is 22.1. The fourth-order valence-corrected chi connectivity index (χ4v) is 3.38. The van der Waals surface area contributed by atoms with Crippen LogP contribution in [0.5, 0.6) is 11.5 Å². The van der Waals surface area contributed by atoms with Crippen LogP contribution in [0, 0.1) is 0 Å². The van der Waals surface area contributed by atoms with Gasteiger partial charge < -0.3 is 25.0 Å². The van der Waals surface area contributed by atoms with Crippen LogP contribution in [-0.4, -0.2) is 62.0 Å². The Bertz CT molecular complexity index is 895. The Morgan fingerprint density at radius 1 is 0.968 bits per heavy atom. The lowest BCUT2D eigenvalue weighted by atomic mass is 10.0. The van der Waals surface area contributed by atoms with Gasteiger partial charge in [0.2, 0.25) is 5.91 Å². The second-order valence-electron chi connectivity index (χ2n) is 7.21. The normalized spacial score (nSPS) is 13.9. The number of nitrogens with one attached hydrogen (secondary N) is 2. The fourth-order valence-electron chi connectivity index (χ4n) is 3.38. The molecule has 2 aromatic rings. The molecule has 1 saturated heterocycles. The van der Waals surface area contributed by atoms with Crippen molar-refractivity contribution in [2.24, 2.45) is 0 Å². The lowest BCUT2D eigenvalue weighted by Crippen LogP contribution is -2.49. The molecule has 31 heavy (non-hydrogen) atoms. The number of piperidine rings is 1. The van der Waals surface area contributed by atoms with Crippen LogP contribution in [0.1, 0.15) is 23.2 Å². The molecule has 3 rings (SSSR count). The summed E-state index contributed by atoms with van der Waals surface area (Å²) < 4.78 is 10.7. The van der Waals surface area contributed by atoms with Crippen molar-refractivity contribution < 1.29 is 23.9 Å². The topological polar surface area (TPSA) is 97.0 Å². The quantitative estimate of drug-likeness (QED) is 0.670.